The largest absolute Gasteiger partial charge is 0.454 e. The minimum Gasteiger partial charge on any atom is -0.454 e. The summed E-state index contributed by atoms with van der Waals surface area (Å²) in [5, 5.41) is 6.89. The Balaban J connectivity index is 1.30. The number of hydrogen-bond acceptors (Lipinski definition) is 5. The smallest absolute Gasteiger partial charge is 0.291 e. The molecule has 1 aliphatic heterocycles. The first-order valence-electron chi connectivity index (χ1n) is 9.83. The Morgan fingerprint density at radius 2 is 1.75 bits per heavy atom. The number of halogens is 1. The zero-order valence-electron chi connectivity index (χ0n) is 16.7. The normalized spacial score (nSPS) is 12.0. The fraction of sp³-hybridized carbons (Fsp3) is 0.0833. The van der Waals surface area contributed by atoms with E-state index in [1.807, 2.05) is 12.1 Å². The number of ether oxygens (including phenoxy) is 2. The highest BCUT2D eigenvalue weighted by atomic mass is 35.5. The van der Waals surface area contributed by atoms with Crippen molar-refractivity contribution in [3.63, 3.8) is 0 Å². The maximum Gasteiger partial charge on any atom is 0.291 e. The third-order valence-corrected chi connectivity index (χ3v) is 5.25. The van der Waals surface area contributed by atoms with Crippen LogP contribution in [0.15, 0.2) is 71.1 Å². The average molecular weight is 449 g/mol. The average Bonchev–Trinajstić information content (AvgIpc) is 3.44. The summed E-state index contributed by atoms with van der Waals surface area (Å²) in [6, 6.07) is 19.0. The summed E-state index contributed by atoms with van der Waals surface area (Å²) >= 11 is 5.99. The van der Waals surface area contributed by atoms with Crippen LogP contribution in [-0.2, 0) is 6.54 Å². The van der Waals surface area contributed by atoms with Crippen molar-refractivity contribution >= 4 is 40.1 Å². The fourth-order valence-electron chi connectivity index (χ4n) is 3.43. The molecule has 7 nitrogen and oxygen atoms in total. The lowest BCUT2D eigenvalue weighted by atomic mass is 10.1. The second-order valence-electron chi connectivity index (χ2n) is 7.16. The summed E-state index contributed by atoms with van der Waals surface area (Å²) in [7, 11) is 0. The van der Waals surface area contributed by atoms with E-state index in [1.165, 1.54) is 0 Å². The molecule has 8 heteroatoms. The van der Waals surface area contributed by atoms with E-state index in [2.05, 4.69) is 10.6 Å². The number of fused-ring (bicyclic) bond motifs is 2. The van der Waals surface area contributed by atoms with Gasteiger partial charge < -0.3 is 24.5 Å². The zero-order chi connectivity index (χ0) is 22.1. The fourth-order valence-corrected chi connectivity index (χ4v) is 3.61. The molecule has 1 aliphatic rings. The molecular formula is C24H17ClN2O5. The van der Waals surface area contributed by atoms with Gasteiger partial charge in [-0.3, -0.25) is 9.59 Å². The second kappa shape index (κ2) is 8.28. The molecule has 5 rings (SSSR count). The van der Waals surface area contributed by atoms with Crippen LogP contribution in [0.2, 0.25) is 5.02 Å². The van der Waals surface area contributed by atoms with E-state index in [-0.39, 0.29) is 18.5 Å². The number of furan rings is 1. The van der Waals surface area contributed by atoms with Crippen LogP contribution in [0.5, 0.6) is 11.5 Å². The topological polar surface area (TPSA) is 89.8 Å². The SMILES string of the molecule is O=C(Nc1ccccc1C(=O)NCc1ccc2c(c1)OCO2)c1cc2cc(Cl)ccc2o1. The van der Waals surface area contributed by atoms with Crippen molar-refractivity contribution < 1.29 is 23.5 Å². The first-order chi connectivity index (χ1) is 15.6. The molecule has 0 aliphatic carbocycles. The van der Waals surface area contributed by atoms with E-state index in [0.29, 0.717) is 39.9 Å². The van der Waals surface area contributed by atoms with Crippen molar-refractivity contribution in [1.82, 2.24) is 5.32 Å². The van der Waals surface area contributed by atoms with Crippen LogP contribution >= 0.6 is 11.6 Å². The van der Waals surface area contributed by atoms with Gasteiger partial charge in [0, 0.05) is 17.0 Å². The van der Waals surface area contributed by atoms with E-state index in [9.17, 15) is 9.59 Å². The number of benzene rings is 3. The van der Waals surface area contributed by atoms with E-state index in [1.54, 1.807) is 54.6 Å². The number of rotatable bonds is 5. The molecule has 160 valence electrons. The monoisotopic (exact) mass is 448 g/mol. The quantitative estimate of drug-likeness (QED) is 0.448. The van der Waals surface area contributed by atoms with Crippen molar-refractivity contribution in [2.45, 2.75) is 6.54 Å². The van der Waals surface area contributed by atoms with E-state index < -0.39 is 5.91 Å². The maximum atomic E-state index is 12.8. The summed E-state index contributed by atoms with van der Waals surface area (Å²) in [5.74, 6) is 0.665. The molecule has 2 heterocycles. The number of para-hydroxylation sites is 1. The Morgan fingerprint density at radius 1 is 0.906 bits per heavy atom. The summed E-state index contributed by atoms with van der Waals surface area (Å²) in [6.07, 6.45) is 0. The Bertz CT molecular complexity index is 1350. The minimum absolute atomic E-state index is 0.123. The Hall–Kier alpha value is -3.97. The highest BCUT2D eigenvalue weighted by Gasteiger charge is 2.18. The number of amides is 2. The second-order valence-corrected chi connectivity index (χ2v) is 7.60. The van der Waals surface area contributed by atoms with Crippen molar-refractivity contribution in [3.8, 4) is 11.5 Å². The number of hydrogen-bond donors (Lipinski definition) is 2. The van der Waals surface area contributed by atoms with E-state index in [4.69, 9.17) is 25.5 Å². The van der Waals surface area contributed by atoms with Crippen LogP contribution in [0.3, 0.4) is 0 Å². The molecule has 0 bridgehead atoms. The first-order valence-corrected chi connectivity index (χ1v) is 10.2. The first kappa shape index (κ1) is 20.0. The number of anilines is 1. The number of nitrogens with one attached hydrogen (secondary N) is 2. The van der Waals surface area contributed by atoms with Gasteiger partial charge in [0.1, 0.15) is 5.58 Å². The van der Waals surface area contributed by atoms with Gasteiger partial charge in [-0.25, -0.2) is 0 Å². The molecule has 0 spiro atoms. The van der Waals surface area contributed by atoms with Crippen LogP contribution in [0.1, 0.15) is 26.5 Å². The van der Waals surface area contributed by atoms with Gasteiger partial charge in [-0.15, -0.1) is 0 Å². The van der Waals surface area contributed by atoms with Crippen LogP contribution < -0.4 is 20.1 Å². The Labute approximate surface area is 187 Å². The molecule has 32 heavy (non-hydrogen) atoms. The standard InChI is InChI=1S/C24H17ClN2O5/c25-16-6-8-19-15(10-16)11-22(32-19)24(29)27-18-4-2-1-3-17(18)23(28)26-12-14-5-7-20-21(9-14)31-13-30-20/h1-11H,12-13H2,(H,26,28)(H,27,29). The van der Waals surface area contributed by atoms with Crippen LogP contribution in [0, 0.1) is 0 Å². The van der Waals surface area contributed by atoms with Crippen LogP contribution in [-0.4, -0.2) is 18.6 Å². The molecule has 1 aromatic heterocycles. The molecule has 2 N–H and O–H groups in total. The molecule has 0 atom stereocenters. The van der Waals surface area contributed by atoms with Crippen molar-refractivity contribution in [2.24, 2.45) is 0 Å². The van der Waals surface area contributed by atoms with Gasteiger partial charge in [-0.1, -0.05) is 29.8 Å². The highest BCUT2D eigenvalue weighted by Crippen LogP contribution is 2.32. The molecule has 0 saturated carbocycles. The van der Waals surface area contributed by atoms with Gasteiger partial charge in [-0.2, -0.15) is 0 Å². The predicted octanol–water partition coefficient (Wildman–Crippen LogP) is 5.00. The number of carbonyl (C=O) groups excluding carboxylic acids is 2. The van der Waals surface area contributed by atoms with Crippen molar-refractivity contribution in [2.75, 3.05) is 12.1 Å². The lowest BCUT2D eigenvalue weighted by Gasteiger charge is -2.11. The van der Waals surface area contributed by atoms with E-state index in [0.717, 1.165) is 10.9 Å². The summed E-state index contributed by atoms with van der Waals surface area (Å²) < 4.78 is 16.3. The van der Waals surface area contributed by atoms with Crippen molar-refractivity contribution in [1.29, 1.82) is 0 Å². The van der Waals surface area contributed by atoms with Crippen LogP contribution in [0.25, 0.3) is 11.0 Å². The maximum absolute atomic E-state index is 12.8. The summed E-state index contributed by atoms with van der Waals surface area (Å²) in [4.78, 5) is 25.5. The van der Waals surface area contributed by atoms with Gasteiger partial charge in [0.15, 0.2) is 17.3 Å². The molecule has 3 aromatic carbocycles. The molecule has 0 saturated heterocycles. The Morgan fingerprint density at radius 3 is 2.66 bits per heavy atom. The molecule has 0 fully saturated rings. The molecule has 0 unspecified atom stereocenters. The lowest BCUT2D eigenvalue weighted by molar-refractivity contribution is 0.0951. The minimum atomic E-state index is -0.464. The predicted molar refractivity (Wildman–Crippen MR) is 119 cm³/mol. The van der Waals surface area contributed by atoms with E-state index >= 15 is 0 Å². The summed E-state index contributed by atoms with van der Waals surface area (Å²) in [6.45, 7) is 0.485. The van der Waals surface area contributed by atoms with Crippen LogP contribution in [0.4, 0.5) is 5.69 Å². The molecule has 0 radical (unpaired) electrons. The highest BCUT2D eigenvalue weighted by molar-refractivity contribution is 6.31. The number of carbonyl (C=O) groups is 2. The Kier molecular flexibility index (Phi) is 5.17. The van der Waals surface area contributed by atoms with Gasteiger partial charge in [0.2, 0.25) is 6.79 Å². The molecule has 2 amide bonds. The third-order valence-electron chi connectivity index (χ3n) is 5.01. The molecular weight excluding hydrogens is 432 g/mol. The van der Waals surface area contributed by atoms with Gasteiger partial charge in [0.05, 0.1) is 11.3 Å². The van der Waals surface area contributed by atoms with Gasteiger partial charge in [-0.05, 0) is 54.1 Å². The zero-order valence-corrected chi connectivity index (χ0v) is 17.4. The van der Waals surface area contributed by atoms with Gasteiger partial charge in [0.25, 0.3) is 11.8 Å². The van der Waals surface area contributed by atoms with Crippen molar-refractivity contribution in [3.05, 3.63) is 88.6 Å². The summed E-state index contributed by atoms with van der Waals surface area (Å²) in [5.41, 5.74) is 2.12. The third kappa shape index (κ3) is 3.98. The van der Waals surface area contributed by atoms with Gasteiger partial charge >= 0.3 is 0 Å². The molecule has 4 aromatic rings. The lowest BCUT2D eigenvalue weighted by Crippen LogP contribution is -2.24.